The third kappa shape index (κ3) is 2.37. The lowest BCUT2D eigenvalue weighted by atomic mass is 9.85. The highest BCUT2D eigenvalue weighted by molar-refractivity contribution is 7.89. The predicted octanol–water partition coefficient (Wildman–Crippen LogP) is -0.451. The monoisotopic (exact) mass is 299 g/mol. The van der Waals surface area contributed by atoms with Crippen LogP contribution < -0.4 is 10.5 Å². The number of hydrogen-bond acceptors (Lipinski definition) is 5. The first-order chi connectivity index (χ1) is 9.51. The van der Waals surface area contributed by atoms with Gasteiger partial charge in [0.1, 0.15) is 0 Å². The molecular weight excluding hydrogens is 278 g/mol. The maximum Gasteiger partial charge on any atom is 0.260 e. The smallest absolute Gasteiger partial charge is 0.260 e. The van der Waals surface area contributed by atoms with Crippen LogP contribution in [0.5, 0.6) is 0 Å². The maximum absolute atomic E-state index is 12.5. The molecule has 4 heterocycles. The molecule has 0 aliphatic carbocycles. The molecule has 1 aromatic heterocycles. The number of aromatic nitrogens is 2. The van der Waals surface area contributed by atoms with Crippen molar-refractivity contribution in [3.05, 3.63) is 11.3 Å². The minimum atomic E-state index is -3.60. The molecule has 1 aromatic rings. The van der Waals surface area contributed by atoms with Crippen LogP contribution in [0.15, 0.2) is 5.03 Å². The fourth-order valence-electron chi connectivity index (χ4n) is 3.25. The van der Waals surface area contributed by atoms with E-state index in [-0.39, 0.29) is 17.6 Å². The minimum absolute atomic E-state index is 0.00914. The Bertz CT molecular complexity index is 589. The van der Waals surface area contributed by atoms with E-state index < -0.39 is 10.0 Å². The molecule has 0 spiro atoms. The summed E-state index contributed by atoms with van der Waals surface area (Å²) in [5.41, 5.74) is 6.90. The lowest BCUT2D eigenvalue weighted by molar-refractivity contribution is 0.0826. The first kappa shape index (κ1) is 14.0. The molecular formula is C12H21N5O2S. The second-order valence-corrected chi connectivity index (χ2v) is 7.33. The molecule has 0 aromatic carbocycles. The van der Waals surface area contributed by atoms with Crippen LogP contribution in [0.2, 0.25) is 0 Å². The summed E-state index contributed by atoms with van der Waals surface area (Å²) in [6.07, 6.45) is 2.13. The van der Waals surface area contributed by atoms with Crippen molar-refractivity contribution in [3.63, 3.8) is 0 Å². The zero-order valence-electron chi connectivity index (χ0n) is 11.6. The highest BCUT2D eigenvalue weighted by Gasteiger charge is 2.37. The van der Waals surface area contributed by atoms with Crippen molar-refractivity contribution in [2.45, 2.75) is 37.4 Å². The van der Waals surface area contributed by atoms with E-state index in [4.69, 9.17) is 5.73 Å². The fraction of sp³-hybridized carbons (Fsp3) is 0.750. The van der Waals surface area contributed by atoms with Gasteiger partial charge in [-0.1, -0.05) is 0 Å². The Kier molecular flexibility index (Phi) is 3.57. The number of nitrogens with one attached hydrogen (secondary N) is 2. The van der Waals surface area contributed by atoms with E-state index in [1.54, 1.807) is 6.92 Å². The van der Waals surface area contributed by atoms with Crippen molar-refractivity contribution in [1.29, 1.82) is 0 Å². The molecule has 4 N–H and O–H groups in total. The van der Waals surface area contributed by atoms with Crippen LogP contribution in [0.1, 0.15) is 24.1 Å². The first-order valence-corrected chi connectivity index (χ1v) is 8.48. The van der Waals surface area contributed by atoms with Crippen molar-refractivity contribution in [3.8, 4) is 0 Å². The number of sulfonamides is 1. The highest BCUT2D eigenvalue weighted by atomic mass is 32.2. The summed E-state index contributed by atoms with van der Waals surface area (Å²) < 4.78 is 27.8. The second kappa shape index (κ2) is 5.10. The third-order valence-electron chi connectivity index (χ3n) is 4.46. The number of nitrogens with zero attached hydrogens (tertiary/aromatic N) is 2. The summed E-state index contributed by atoms with van der Waals surface area (Å²) in [6.45, 7) is 4.91. The standard InChI is InChI=1S/C12H21N5O2S/c1-8-10(6-13)12(15-14-8)20(18,19)16-11-7-17-4-2-9(11)3-5-17/h9,11,16H,2-7,13H2,1H3,(H,14,15). The zero-order chi connectivity index (χ0) is 14.3. The summed E-state index contributed by atoms with van der Waals surface area (Å²) in [5, 5.41) is 6.67. The van der Waals surface area contributed by atoms with Crippen LogP contribution >= 0.6 is 0 Å². The Morgan fingerprint density at radius 3 is 2.70 bits per heavy atom. The SMILES string of the molecule is Cc1[nH]nc(S(=O)(=O)NC2CN3CCC2CC3)c1CN. The van der Waals surface area contributed by atoms with E-state index in [1.807, 2.05) is 0 Å². The zero-order valence-corrected chi connectivity index (χ0v) is 12.4. The van der Waals surface area contributed by atoms with Gasteiger partial charge in [0.25, 0.3) is 10.0 Å². The van der Waals surface area contributed by atoms with Gasteiger partial charge in [-0.05, 0) is 38.8 Å². The van der Waals surface area contributed by atoms with E-state index >= 15 is 0 Å². The number of nitrogens with two attached hydrogens (primary N) is 1. The highest BCUT2D eigenvalue weighted by Crippen LogP contribution is 2.28. The average Bonchev–Trinajstić information content (AvgIpc) is 2.81. The summed E-state index contributed by atoms with van der Waals surface area (Å²) in [6, 6.07) is -0.00914. The number of H-pyrrole nitrogens is 1. The molecule has 3 saturated heterocycles. The van der Waals surface area contributed by atoms with Gasteiger partial charge in [-0.25, -0.2) is 13.1 Å². The molecule has 1 atom stereocenters. The average molecular weight is 299 g/mol. The van der Waals surface area contributed by atoms with Crippen LogP contribution in [0, 0.1) is 12.8 Å². The number of rotatable bonds is 4. The number of aromatic amines is 1. The molecule has 8 heteroatoms. The molecule has 4 rings (SSSR count). The Hall–Kier alpha value is -0.960. The van der Waals surface area contributed by atoms with Gasteiger partial charge >= 0.3 is 0 Å². The van der Waals surface area contributed by atoms with Crippen molar-refractivity contribution < 1.29 is 8.42 Å². The first-order valence-electron chi connectivity index (χ1n) is 7.00. The van der Waals surface area contributed by atoms with E-state index in [0.29, 0.717) is 17.2 Å². The van der Waals surface area contributed by atoms with Gasteiger partial charge in [0.15, 0.2) is 5.03 Å². The molecule has 0 saturated carbocycles. The number of aryl methyl sites for hydroxylation is 1. The van der Waals surface area contributed by atoms with Crippen molar-refractivity contribution in [2.24, 2.45) is 11.7 Å². The second-order valence-electron chi connectivity index (χ2n) is 5.70. The lowest BCUT2D eigenvalue weighted by Crippen LogP contribution is -2.57. The van der Waals surface area contributed by atoms with Gasteiger partial charge < -0.3 is 10.6 Å². The molecule has 0 amide bonds. The van der Waals surface area contributed by atoms with Crippen LogP contribution in [0.4, 0.5) is 0 Å². The summed E-state index contributed by atoms with van der Waals surface area (Å²) >= 11 is 0. The van der Waals surface area contributed by atoms with Crippen molar-refractivity contribution >= 4 is 10.0 Å². The van der Waals surface area contributed by atoms with Gasteiger partial charge in [-0.2, -0.15) is 5.10 Å². The largest absolute Gasteiger partial charge is 0.326 e. The van der Waals surface area contributed by atoms with Crippen LogP contribution in [0.25, 0.3) is 0 Å². The van der Waals surface area contributed by atoms with E-state index in [1.165, 1.54) is 0 Å². The van der Waals surface area contributed by atoms with Gasteiger partial charge in [-0.3, -0.25) is 5.10 Å². The number of fused-ring (bicyclic) bond motifs is 3. The predicted molar refractivity (Wildman–Crippen MR) is 74.5 cm³/mol. The van der Waals surface area contributed by atoms with Crippen LogP contribution in [-0.2, 0) is 16.6 Å². The van der Waals surface area contributed by atoms with Gasteiger partial charge in [0, 0.05) is 30.4 Å². The lowest BCUT2D eigenvalue weighted by Gasteiger charge is -2.44. The van der Waals surface area contributed by atoms with Gasteiger partial charge in [0.05, 0.1) is 0 Å². The molecule has 112 valence electrons. The van der Waals surface area contributed by atoms with Crippen molar-refractivity contribution in [2.75, 3.05) is 19.6 Å². The molecule has 3 fully saturated rings. The molecule has 1 unspecified atom stereocenters. The van der Waals surface area contributed by atoms with E-state index in [9.17, 15) is 8.42 Å². The number of hydrogen-bond donors (Lipinski definition) is 3. The Morgan fingerprint density at radius 1 is 1.45 bits per heavy atom. The van der Waals surface area contributed by atoms with Gasteiger partial charge in [0.2, 0.25) is 0 Å². The Morgan fingerprint density at radius 2 is 2.15 bits per heavy atom. The Labute approximate surface area is 119 Å². The molecule has 0 radical (unpaired) electrons. The minimum Gasteiger partial charge on any atom is -0.326 e. The van der Waals surface area contributed by atoms with Crippen LogP contribution in [0.3, 0.4) is 0 Å². The normalized spacial score (nSPS) is 29.8. The maximum atomic E-state index is 12.5. The van der Waals surface area contributed by atoms with Crippen molar-refractivity contribution in [1.82, 2.24) is 19.8 Å². The third-order valence-corrected chi connectivity index (χ3v) is 5.92. The van der Waals surface area contributed by atoms with Crippen LogP contribution in [-0.4, -0.2) is 49.2 Å². The molecule has 3 aliphatic rings. The van der Waals surface area contributed by atoms with E-state index in [2.05, 4.69) is 19.8 Å². The molecule has 2 bridgehead atoms. The molecule has 3 aliphatic heterocycles. The Balaban J connectivity index is 1.82. The summed E-state index contributed by atoms with van der Waals surface area (Å²) in [5.74, 6) is 0.441. The number of piperidine rings is 3. The molecule has 20 heavy (non-hydrogen) atoms. The molecule has 7 nitrogen and oxygen atoms in total. The van der Waals surface area contributed by atoms with Gasteiger partial charge in [-0.15, -0.1) is 0 Å². The quantitative estimate of drug-likeness (QED) is 0.698. The summed E-state index contributed by atoms with van der Waals surface area (Å²) in [4.78, 5) is 2.31. The summed E-state index contributed by atoms with van der Waals surface area (Å²) in [7, 11) is -3.60. The topological polar surface area (TPSA) is 104 Å². The van der Waals surface area contributed by atoms with E-state index in [0.717, 1.165) is 32.5 Å². The fourth-order valence-corrected chi connectivity index (χ4v) is 4.75.